The van der Waals surface area contributed by atoms with Gasteiger partial charge in [0, 0.05) is 28.2 Å². The van der Waals surface area contributed by atoms with E-state index < -0.39 is 15.9 Å². The number of nitrogens with one attached hydrogen (secondary N) is 1. The van der Waals surface area contributed by atoms with Gasteiger partial charge >= 0.3 is 0 Å². The third kappa shape index (κ3) is 3.17. The van der Waals surface area contributed by atoms with Crippen molar-refractivity contribution in [2.24, 2.45) is 0 Å². The topological polar surface area (TPSA) is 69.7 Å². The Labute approximate surface area is 119 Å². The number of carbonyl (C=O) groups is 1. The molecule has 0 unspecified atom stereocenters. The second kappa shape index (κ2) is 6.06. The molecular formula is C13H19N3O3S. The Hall–Kier alpha value is -1.86. The maximum absolute atomic E-state index is 12.3. The van der Waals surface area contributed by atoms with Gasteiger partial charge in [-0.05, 0) is 18.2 Å². The van der Waals surface area contributed by atoms with Crippen molar-refractivity contribution in [2.75, 3.05) is 38.4 Å². The van der Waals surface area contributed by atoms with Gasteiger partial charge in [0.2, 0.25) is 15.9 Å². The monoisotopic (exact) mass is 297 g/mol. The molecule has 110 valence electrons. The lowest BCUT2D eigenvalue weighted by molar-refractivity contribution is -0.111. The van der Waals surface area contributed by atoms with E-state index in [9.17, 15) is 13.2 Å². The molecule has 1 aromatic rings. The van der Waals surface area contributed by atoms with Gasteiger partial charge in [-0.15, -0.1) is 0 Å². The highest BCUT2D eigenvalue weighted by Gasteiger charge is 2.24. The van der Waals surface area contributed by atoms with Crippen molar-refractivity contribution in [1.82, 2.24) is 4.31 Å². The Kier molecular flexibility index (Phi) is 4.91. The summed E-state index contributed by atoms with van der Waals surface area (Å²) in [5, 5.41) is 2.57. The summed E-state index contributed by atoms with van der Waals surface area (Å²) in [5.41, 5.74) is 0.847. The molecule has 0 fully saturated rings. The molecule has 0 saturated carbocycles. The molecule has 1 rings (SSSR count). The number of nitrogens with zero attached hydrogens (tertiary/aromatic N) is 2. The number of carbonyl (C=O) groups excluding carboxylic acids is 1. The van der Waals surface area contributed by atoms with Gasteiger partial charge in [0.1, 0.15) is 4.90 Å². The van der Waals surface area contributed by atoms with Crippen LogP contribution in [0.25, 0.3) is 0 Å². The molecule has 1 amide bonds. The number of hydrogen-bond donors (Lipinski definition) is 1. The summed E-state index contributed by atoms with van der Waals surface area (Å²) < 4.78 is 25.8. The van der Waals surface area contributed by atoms with Gasteiger partial charge < -0.3 is 10.2 Å². The number of amides is 1. The summed E-state index contributed by atoms with van der Waals surface area (Å²) in [5.74, 6) is -0.463. The molecule has 0 aromatic heterocycles. The van der Waals surface area contributed by atoms with Gasteiger partial charge in [0.15, 0.2) is 0 Å². The van der Waals surface area contributed by atoms with Gasteiger partial charge in [-0.2, -0.15) is 0 Å². The molecule has 0 bridgehead atoms. The number of para-hydroxylation sites is 1. The van der Waals surface area contributed by atoms with Gasteiger partial charge in [-0.3, -0.25) is 4.79 Å². The zero-order valence-electron chi connectivity index (χ0n) is 12.0. The highest BCUT2D eigenvalue weighted by atomic mass is 32.2. The zero-order valence-corrected chi connectivity index (χ0v) is 12.9. The zero-order chi connectivity index (χ0) is 15.5. The average Bonchev–Trinajstić information content (AvgIpc) is 2.37. The maximum Gasteiger partial charge on any atom is 0.247 e. The highest BCUT2D eigenvalue weighted by molar-refractivity contribution is 7.89. The molecule has 0 heterocycles. The summed E-state index contributed by atoms with van der Waals surface area (Å²) in [6, 6.07) is 4.82. The van der Waals surface area contributed by atoms with Gasteiger partial charge in [-0.1, -0.05) is 12.6 Å². The first-order valence-electron chi connectivity index (χ1n) is 5.88. The van der Waals surface area contributed by atoms with E-state index in [-0.39, 0.29) is 10.6 Å². The van der Waals surface area contributed by atoms with E-state index in [1.54, 1.807) is 31.1 Å². The molecule has 0 aliphatic carbocycles. The summed E-state index contributed by atoms with van der Waals surface area (Å²) in [6.07, 6.45) is 1.10. The van der Waals surface area contributed by atoms with Crippen LogP contribution in [0.2, 0.25) is 0 Å². The van der Waals surface area contributed by atoms with Gasteiger partial charge in [0.05, 0.1) is 11.4 Å². The van der Waals surface area contributed by atoms with Crippen LogP contribution >= 0.6 is 0 Å². The standard InChI is InChI=1S/C13H19N3O3S/c1-6-12(17)14-13-10(15(2)3)8-7-9-11(13)20(18,19)16(4)5/h6-9H,1H2,2-5H3,(H,14,17). The SMILES string of the molecule is C=CC(=O)Nc1c(N(C)C)cccc1S(=O)(=O)N(C)C. The average molecular weight is 297 g/mol. The Bertz CT molecular complexity index is 622. The number of hydrogen-bond acceptors (Lipinski definition) is 4. The highest BCUT2D eigenvalue weighted by Crippen LogP contribution is 2.32. The Morgan fingerprint density at radius 3 is 2.30 bits per heavy atom. The van der Waals surface area contributed by atoms with Crippen molar-refractivity contribution < 1.29 is 13.2 Å². The van der Waals surface area contributed by atoms with Crippen LogP contribution in [0.5, 0.6) is 0 Å². The fourth-order valence-corrected chi connectivity index (χ4v) is 2.66. The van der Waals surface area contributed by atoms with Crippen LogP contribution in [-0.4, -0.2) is 46.8 Å². The predicted molar refractivity (Wildman–Crippen MR) is 80.5 cm³/mol. The summed E-state index contributed by atoms with van der Waals surface area (Å²) in [7, 11) is 2.76. The second-order valence-corrected chi connectivity index (χ2v) is 6.65. The molecule has 1 N–H and O–H groups in total. The molecule has 20 heavy (non-hydrogen) atoms. The predicted octanol–water partition coefficient (Wildman–Crippen LogP) is 1.13. The molecule has 6 nitrogen and oxygen atoms in total. The lowest BCUT2D eigenvalue weighted by Crippen LogP contribution is -2.25. The molecule has 0 aliphatic heterocycles. The minimum Gasteiger partial charge on any atom is -0.376 e. The quantitative estimate of drug-likeness (QED) is 0.827. The molecule has 0 aliphatic rings. The molecule has 1 aromatic carbocycles. The number of benzene rings is 1. The first-order chi connectivity index (χ1) is 9.21. The normalized spacial score (nSPS) is 11.2. The largest absolute Gasteiger partial charge is 0.376 e. The number of sulfonamides is 1. The third-order valence-electron chi connectivity index (χ3n) is 2.68. The van der Waals surface area contributed by atoms with Crippen LogP contribution < -0.4 is 10.2 Å². The molecule has 0 spiro atoms. The second-order valence-electron chi connectivity index (χ2n) is 4.53. The van der Waals surface area contributed by atoms with Crippen molar-refractivity contribution in [3.8, 4) is 0 Å². The van der Waals surface area contributed by atoms with E-state index in [1.165, 1.54) is 20.2 Å². The molecular weight excluding hydrogens is 278 g/mol. The Balaban J connectivity index is 3.56. The summed E-state index contributed by atoms with van der Waals surface area (Å²) >= 11 is 0. The smallest absolute Gasteiger partial charge is 0.247 e. The van der Waals surface area contributed by atoms with Crippen LogP contribution in [0.3, 0.4) is 0 Å². The van der Waals surface area contributed by atoms with E-state index in [0.717, 1.165) is 10.4 Å². The minimum absolute atomic E-state index is 0.0453. The third-order valence-corrected chi connectivity index (χ3v) is 4.54. The van der Waals surface area contributed by atoms with Crippen LogP contribution in [0.4, 0.5) is 11.4 Å². The van der Waals surface area contributed by atoms with Crippen molar-refractivity contribution in [3.05, 3.63) is 30.9 Å². The van der Waals surface area contributed by atoms with Crippen molar-refractivity contribution in [2.45, 2.75) is 4.90 Å². The summed E-state index contributed by atoms with van der Waals surface area (Å²) in [4.78, 5) is 13.3. The van der Waals surface area contributed by atoms with E-state index >= 15 is 0 Å². The van der Waals surface area contributed by atoms with Crippen LogP contribution in [0.15, 0.2) is 35.7 Å². The molecule has 0 atom stereocenters. The van der Waals surface area contributed by atoms with Crippen molar-refractivity contribution in [3.63, 3.8) is 0 Å². The minimum atomic E-state index is -3.66. The van der Waals surface area contributed by atoms with Gasteiger partial charge in [0.25, 0.3) is 0 Å². The van der Waals surface area contributed by atoms with E-state index in [1.807, 2.05) is 0 Å². The van der Waals surface area contributed by atoms with E-state index in [2.05, 4.69) is 11.9 Å². The number of rotatable bonds is 5. The lowest BCUT2D eigenvalue weighted by Gasteiger charge is -2.22. The number of anilines is 2. The van der Waals surface area contributed by atoms with Crippen LogP contribution in [0, 0.1) is 0 Å². The fourth-order valence-electron chi connectivity index (χ4n) is 1.60. The lowest BCUT2D eigenvalue weighted by atomic mass is 10.2. The molecule has 7 heteroatoms. The first-order valence-corrected chi connectivity index (χ1v) is 7.32. The first kappa shape index (κ1) is 16.2. The summed E-state index contributed by atoms with van der Waals surface area (Å²) in [6.45, 7) is 3.37. The van der Waals surface area contributed by atoms with Crippen molar-refractivity contribution >= 4 is 27.3 Å². The Morgan fingerprint density at radius 1 is 1.25 bits per heavy atom. The van der Waals surface area contributed by atoms with Gasteiger partial charge in [-0.25, -0.2) is 12.7 Å². The van der Waals surface area contributed by atoms with Crippen molar-refractivity contribution in [1.29, 1.82) is 0 Å². The van der Waals surface area contributed by atoms with E-state index in [0.29, 0.717) is 5.69 Å². The fraction of sp³-hybridized carbons (Fsp3) is 0.308. The van der Waals surface area contributed by atoms with E-state index in [4.69, 9.17) is 0 Å². The molecule has 0 saturated heterocycles. The van der Waals surface area contributed by atoms with Crippen LogP contribution in [0.1, 0.15) is 0 Å². The van der Waals surface area contributed by atoms with Crippen LogP contribution in [-0.2, 0) is 14.8 Å². The maximum atomic E-state index is 12.3. The Morgan fingerprint density at radius 2 is 1.85 bits per heavy atom. The molecule has 0 radical (unpaired) electrons.